The molecule has 4 aliphatic rings. The molecule has 4 saturated carbocycles. The first-order valence-electron chi connectivity index (χ1n) is 7.84. The number of sulfonamides is 1. The quantitative estimate of drug-likeness (QED) is 0.876. The molecule has 0 radical (unpaired) electrons. The molecular weight excluding hydrogens is 341 g/mol. The lowest BCUT2D eigenvalue weighted by molar-refractivity contribution is -0.00810. The Kier molecular flexibility index (Phi) is 3.54. The topological polar surface area (TPSA) is 46.2 Å². The number of nitrogens with one attached hydrogen (secondary N) is 1. The van der Waals surface area contributed by atoms with Crippen LogP contribution in [0.2, 0.25) is 10.0 Å². The molecule has 0 atom stereocenters. The Morgan fingerprint density at radius 2 is 1.50 bits per heavy atom. The Hall–Kier alpha value is -0.290. The van der Waals surface area contributed by atoms with Crippen molar-refractivity contribution < 1.29 is 8.42 Å². The molecule has 120 valence electrons. The van der Waals surface area contributed by atoms with Gasteiger partial charge >= 0.3 is 0 Å². The van der Waals surface area contributed by atoms with Crippen LogP contribution in [-0.2, 0) is 10.0 Å². The van der Waals surface area contributed by atoms with Crippen LogP contribution in [-0.4, -0.2) is 14.0 Å². The minimum absolute atomic E-state index is 0.206. The summed E-state index contributed by atoms with van der Waals surface area (Å²) in [4.78, 5) is 0.206. The van der Waals surface area contributed by atoms with Gasteiger partial charge in [0, 0.05) is 5.54 Å². The van der Waals surface area contributed by atoms with Gasteiger partial charge < -0.3 is 0 Å². The van der Waals surface area contributed by atoms with Crippen LogP contribution in [0, 0.1) is 17.8 Å². The van der Waals surface area contributed by atoms with Gasteiger partial charge in [-0.3, -0.25) is 0 Å². The highest BCUT2D eigenvalue weighted by atomic mass is 35.5. The Bertz CT molecular complexity index is 682. The van der Waals surface area contributed by atoms with Crippen LogP contribution < -0.4 is 4.72 Å². The Morgan fingerprint density at radius 3 is 2.00 bits per heavy atom. The molecule has 0 unspecified atom stereocenters. The van der Waals surface area contributed by atoms with Crippen LogP contribution in [0.3, 0.4) is 0 Å². The summed E-state index contributed by atoms with van der Waals surface area (Å²) in [6.45, 7) is 0. The van der Waals surface area contributed by atoms with E-state index in [4.69, 9.17) is 23.2 Å². The minimum atomic E-state index is -3.56. The summed E-state index contributed by atoms with van der Waals surface area (Å²) in [5.41, 5.74) is -0.236. The van der Waals surface area contributed by atoms with Crippen molar-refractivity contribution in [2.45, 2.75) is 49.0 Å². The molecule has 4 aliphatic carbocycles. The van der Waals surface area contributed by atoms with Gasteiger partial charge in [-0.1, -0.05) is 23.2 Å². The normalized spacial score (nSPS) is 36.7. The van der Waals surface area contributed by atoms with E-state index in [9.17, 15) is 8.42 Å². The van der Waals surface area contributed by atoms with Gasteiger partial charge in [-0.15, -0.1) is 0 Å². The fraction of sp³-hybridized carbons (Fsp3) is 0.625. The second-order valence-electron chi connectivity index (χ2n) is 7.38. The molecule has 4 bridgehead atoms. The summed E-state index contributed by atoms with van der Waals surface area (Å²) in [5, 5.41) is 0.644. The predicted octanol–water partition coefficient (Wildman–Crippen LogP) is 4.24. The first kappa shape index (κ1) is 15.3. The van der Waals surface area contributed by atoms with Crippen molar-refractivity contribution in [3.63, 3.8) is 0 Å². The average Bonchev–Trinajstić information content (AvgIpc) is 2.38. The molecule has 0 aromatic heterocycles. The second-order valence-corrected chi connectivity index (χ2v) is 9.88. The van der Waals surface area contributed by atoms with Crippen LogP contribution in [0.1, 0.15) is 38.5 Å². The van der Waals surface area contributed by atoms with Crippen LogP contribution in [0.15, 0.2) is 23.1 Å². The van der Waals surface area contributed by atoms with E-state index in [1.807, 2.05) is 0 Å². The van der Waals surface area contributed by atoms with E-state index in [2.05, 4.69) is 4.72 Å². The lowest BCUT2D eigenvalue weighted by atomic mass is 9.53. The highest BCUT2D eigenvalue weighted by molar-refractivity contribution is 7.89. The molecule has 0 aliphatic heterocycles. The summed E-state index contributed by atoms with van der Waals surface area (Å²) < 4.78 is 28.6. The van der Waals surface area contributed by atoms with Crippen molar-refractivity contribution in [3.05, 3.63) is 28.2 Å². The highest BCUT2D eigenvalue weighted by Crippen LogP contribution is 2.56. The van der Waals surface area contributed by atoms with Crippen molar-refractivity contribution in [1.82, 2.24) is 4.72 Å². The smallest absolute Gasteiger partial charge is 0.207 e. The summed E-state index contributed by atoms with van der Waals surface area (Å²) in [6, 6.07) is 4.50. The van der Waals surface area contributed by atoms with Crippen LogP contribution in [0.4, 0.5) is 0 Å². The molecule has 0 spiro atoms. The summed E-state index contributed by atoms with van der Waals surface area (Å²) in [6.07, 6.45) is 6.81. The number of benzene rings is 1. The molecule has 1 aromatic rings. The van der Waals surface area contributed by atoms with E-state index in [1.54, 1.807) is 0 Å². The summed E-state index contributed by atoms with van der Waals surface area (Å²) in [7, 11) is -3.56. The zero-order valence-corrected chi connectivity index (χ0v) is 14.5. The molecule has 4 fully saturated rings. The van der Waals surface area contributed by atoms with Gasteiger partial charge in [0.25, 0.3) is 0 Å². The predicted molar refractivity (Wildman–Crippen MR) is 87.7 cm³/mol. The van der Waals surface area contributed by atoms with Gasteiger partial charge in [0.05, 0.1) is 14.9 Å². The third-order valence-electron chi connectivity index (χ3n) is 5.59. The molecule has 0 heterocycles. The van der Waals surface area contributed by atoms with Crippen molar-refractivity contribution in [2.75, 3.05) is 0 Å². The molecule has 1 aromatic carbocycles. The first-order valence-corrected chi connectivity index (χ1v) is 10.1. The number of hydrogen-bond acceptors (Lipinski definition) is 2. The maximum atomic E-state index is 12.8. The Morgan fingerprint density at radius 1 is 0.955 bits per heavy atom. The van der Waals surface area contributed by atoms with E-state index in [0.717, 1.165) is 19.3 Å². The van der Waals surface area contributed by atoms with E-state index < -0.39 is 10.0 Å². The fourth-order valence-corrected chi connectivity index (χ4v) is 7.04. The zero-order valence-electron chi connectivity index (χ0n) is 12.2. The largest absolute Gasteiger partial charge is 0.241 e. The monoisotopic (exact) mass is 359 g/mol. The van der Waals surface area contributed by atoms with Crippen molar-refractivity contribution in [1.29, 1.82) is 0 Å². The van der Waals surface area contributed by atoms with Gasteiger partial charge in [0.15, 0.2) is 0 Å². The van der Waals surface area contributed by atoms with Crippen molar-refractivity contribution in [3.8, 4) is 0 Å². The van der Waals surface area contributed by atoms with Gasteiger partial charge in [0.1, 0.15) is 0 Å². The molecule has 5 rings (SSSR count). The molecule has 22 heavy (non-hydrogen) atoms. The minimum Gasteiger partial charge on any atom is -0.207 e. The standard InChI is InChI=1S/C16H19Cl2NO2S/c17-14-2-1-13(6-15(14)18)22(20,21)19-16-7-10-3-11(8-16)5-12(4-10)9-16/h1-2,6,10-12,19H,3-5,7-9H2. The van der Waals surface area contributed by atoms with Crippen LogP contribution in [0.5, 0.6) is 0 Å². The summed E-state index contributed by atoms with van der Waals surface area (Å²) in [5.74, 6) is 2.09. The maximum absolute atomic E-state index is 12.8. The number of hydrogen-bond donors (Lipinski definition) is 1. The van der Waals surface area contributed by atoms with Gasteiger partial charge in [-0.25, -0.2) is 13.1 Å². The molecule has 0 saturated heterocycles. The van der Waals surface area contributed by atoms with Gasteiger partial charge in [-0.05, 0) is 74.5 Å². The molecule has 6 heteroatoms. The van der Waals surface area contributed by atoms with E-state index in [0.29, 0.717) is 22.8 Å². The van der Waals surface area contributed by atoms with Gasteiger partial charge in [-0.2, -0.15) is 0 Å². The third kappa shape index (κ3) is 2.58. The summed E-state index contributed by atoms with van der Waals surface area (Å²) >= 11 is 11.9. The lowest BCUT2D eigenvalue weighted by Crippen LogP contribution is -2.59. The van der Waals surface area contributed by atoms with E-state index in [1.165, 1.54) is 37.5 Å². The molecule has 0 amide bonds. The highest BCUT2D eigenvalue weighted by Gasteiger charge is 2.52. The van der Waals surface area contributed by atoms with E-state index >= 15 is 0 Å². The molecule has 1 N–H and O–H groups in total. The maximum Gasteiger partial charge on any atom is 0.241 e. The average molecular weight is 360 g/mol. The Balaban J connectivity index is 1.63. The molecule has 3 nitrogen and oxygen atoms in total. The van der Waals surface area contributed by atoms with Gasteiger partial charge in [0.2, 0.25) is 10.0 Å². The van der Waals surface area contributed by atoms with Crippen LogP contribution >= 0.6 is 23.2 Å². The van der Waals surface area contributed by atoms with Crippen molar-refractivity contribution >= 4 is 33.2 Å². The van der Waals surface area contributed by atoms with E-state index in [-0.39, 0.29) is 15.5 Å². The molecular formula is C16H19Cl2NO2S. The first-order chi connectivity index (χ1) is 10.4. The number of halogens is 2. The fourth-order valence-electron chi connectivity index (χ4n) is 5.22. The zero-order chi connectivity index (χ0) is 15.5. The lowest BCUT2D eigenvalue weighted by Gasteiger charge is -2.56. The van der Waals surface area contributed by atoms with Crippen molar-refractivity contribution in [2.24, 2.45) is 17.8 Å². The Labute approximate surface area is 141 Å². The number of rotatable bonds is 3. The second kappa shape index (κ2) is 5.10. The SMILES string of the molecule is O=S(=O)(NC12CC3CC(CC(C3)C1)C2)c1ccc(Cl)c(Cl)c1. The van der Waals surface area contributed by atoms with Crippen LogP contribution in [0.25, 0.3) is 0 Å². The third-order valence-corrected chi connectivity index (χ3v) is 7.91.